The average Bonchev–Trinajstić information content (AvgIpc) is 2.37. The molecule has 0 aromatic heterocycles. The van der Waals surface area contributed by atoms with Crippen LogP contribution in [0.5, 0.6) is 0 Å². The van der Waals surface area contributed by atoms with Crippen molar-refractivity contribution in [1.29, 1.82) is 0 Å². The van der Waals surface area contributed by atoms with Crippen molar-refractivity contribution in [1.82, 2.24) is 4.31 Å². The van der Waals surface area contributed by atoms with E-state index in [1.54, 1.807) is 6.92 Å². The maximum Gasteiger partial charge on any atom is 0.307 e. The van der Waals surface area contributed by atoms with Gasteiger partial charge in [-0.2, -0.15) is 0 Å². The second kappa shape index (κ2) is 9.98. The molecule has 19 heavy (non-hydrogen) atoms. The minimum Gasteiger partial charge on any atom is -0.466 e. The van der Waals surface area contributed by atoms with Crippen molar-refractivity contribution in [3.05, 3.63) is 34.3 Å². The molecule has 0 saturated carbocycles. The van der Waals surface area contributed by atoms with E-state index < -0.39 is 0 Å². The van der Waals surface area contributed by atoms with Gasteiger partial charge in [-0.25, -0.2) is 6.82 Å². The molecule has 0 atom stereocenters. The fourth-order valence-corrected chi connectivity index (χ4v) is 3.05. The van der Waals surface area contributed by atoms with E-state index in [-0.39, 0.29) is 5.97 Å². The lowest BCUT2D eigenvalue weighted by atomic mass is 10.2. The Morgan fingerprint density at radius 3 is 2.95 bits per heavy atom. The summed E-state index contributed by atoms with van der Waals surface area (Å²) in [7, 11) is 0. The Bertz CT molecular complexity index is 408. The minimum atomic E-state index is -0.184. The summed E-state index contributed by atoms with van der Waals surface area (Å²) in [6, 6.07) is 8.05. The standard InChI is InChI=1S/C12H15BrINO3S/c1-2-17-12(16)6-7-15(19-18-14)9-10-4-3-5-11(13)8-10/h3-5,8H,2,6-7,9H2,1H3. The molecule has 0 saturated heterocycles. The first kappa shape index (κ1) is 17.2. The molecule has 7 heteroatoms. The van der Waals surface area contributed by atoms with Crippen molar-refractivity contribution in [3.8, 4) is 0 Å². The zero-order chi connectivity index (χ0) is 14.1. The van der Waals surface area contributed by atoms with Gasteiger partial charge in [0.2, 0.25) is 0 Å². The van der Waals surface area contributed by atoms with E-state index in [2.05, 4.69) is 15.9 Å². The van der Waals surface area contributed by atoms with Crippen LogP contribution in [0, 0.1) is 0 Å². The topological polar surface area (TPSA) is 38.8 Å². The van der Waals surface area contributed by atoms with E-state index in [1.807, 2.05) is 51.6 Å². The van der Waals surface area contributed by atoms with Crippen LogP contribution < -0.4 is 0 Å². The second-order valence-electron chi connectivity index (χ2n) is 3.69. The highest BCUT2D eigenvalue weighted by atomic mass is 127. The van der Waals surface area contributed by atoms with Crippen LogP contribution in [0.25, 0.3) is 0 Å². The number of ether oxygens (including phenoxy) is 1. The van der Waals surface area contributed by atoms with Crippen LogP contribution in [0.3, 0.4) is 0 Å². The van der Waals surface area contributed by atoms with E-state index in [9.17, 15) is 4.79 Å². The van der Waals surface area contributed by atoms with Crippen molar-refractivity contribution in [2.75, 3.05) is 13.2 Å². The molecule has 0 bridgehead atoms. The molecule has 1 rings (SSSR count). The van der Waals surface area contributed by atoms with Gasteiger partial charge in [0.15, 0.2) is 0 Å². The summed E-state index contributed by atoms with van der Waals surface area (Å²) in [6.45, 7) is 3.51. The molecular weight excluding hydrogens is 445 g/mol. The molecular formula is C12H15BrINO3S. The first-order valence-corrected chi connectivity index (χ1v) is 8.13. The third kappa shape index (κ3) is 7.50. The van der Waals surface area contributed by atoms with Gasteiger partial charge in [0.25, 0.3) is 0 Å². The summed E-state index contributed by atoms with van der Waals surface area (Å²) in [5.41, 5.74) is 1.15. The fourth-order valence-electron chi connectivity index (χ4n) is 1.47. The number of carbonyl (C=O) groups is 1. The SMILES string of the molecule is CCOC(=O)CCN(Cc1cccc(Br)c1)SOI. The third-order valence-corrected chi connectivity index (χ3v) is 3.81. The second-order valence-corrected chi connectivity index (χ2v) is 6.47. The van der Waals surface area contributed by atoms with Crippen LogP contribution in [0.15, 0.2) is 28.7 Å². The predicted molar refractivity (Wildman–Crippen MR) is 88.5 cm³/mol. The molecule has 0 N–H and O–H groups in total. The van der Waals surface area contributed by atoms with E-state index in [0.717, 1.165) is 10.0 Å². The van der Waals surface area contributed by atoms with Gasteiger partial charge in [0.1, 0.15) is 23.0 Å². The Labute approximate surface area is 140 Å². The van der Waals surface area contributed by atoms with Gasteiger partial charge in [-0.15, -0.1) is 0 Å². The van der Waals surface area contributed by atoms with Gasteiger partial charge < -0.3 is 4.74 Å². The predicted octanol–water partition coefficient (Wildman–Crippen LogP) is 4.13. The van der Waals surface area contributed by atoms with Crippen molar-refractivity contribution < 1.29 is 12.0 Å². The van der Waals surface area contributed by atoms with Gasteiger partial charge in [-0.05, 0) is 24.6 Å². The molecule has 0 unspecified atom stereocenters. The number of esters is 1. The van der Waals surface area contributed by atoms with Crippen LogP contribution in [0.1, 0.15) is 18.9 Å². The Morgan fingerprint density at radius 1 is 1.53 bits per heavy atom. The number of halogens is 2. The Morgan fingerprint density at radius 2 is 2.32 bits per heavy atom. The highest BCUT2D eigenvalue weighted by molar-refractivity contribution is 14.1. The zero-order valence-electron chi connectivity index (χ0n) is 10.5. The number of nitrogens with zero attached hydrogens (tertiary/aromatic N) is 1. The van der Waals surface area contributed by atoms with E-state index in [1.165, 1.54) is 12.2 Å². The van der Waals surface area contributed by atoms with Gasteiger partial charge in [-0.1, -0.05) is 28.1 Å². The molecule has 0 heterocycles. The summed E-state index contributed by atoms with van der Waals surface area (Å²) in [5.74, 6) is -0.184. The van der Waals surface area contributed by atoms with E-state index in [0.29, 0.717) is 26.1 Å². The first-order valence-electron chi connectivity index (χ1n) is 5.76. The van der Waals surface area contributed by atoms with Crippen molar-refractivity contribution in [2.24, 2.45) is 0 Å². The maximum absolute atomic E-state index is 11.3. The molecule has 1 aromatic rings. The molecule has 4 nitrogen and oxygen atoms in total. The lowest BCUT2D eigenvalue weighted by Crippen LogP contribution is -2.20. The maximum atomic E-state index is 11.3. The Hall–Kier alpha value is 0.170. The van der Waals surface area contributed by atoms with Crippen molar-refractivity contribution in [2.45, 2.75) is 19.9 Å². The number of benzene rings is 1. The Balaban J connectivity index is 2.50. The summed E-state index contributed by atoms with van der Waals surface area (Å²) in [4.78, 5) is 11.3. The fraction of sp³-hybridized carbons (Fsp3) is 0.417. The van der Waals surface area contributed by atoms with Crippen LogP contribution in [-0.2, 0) is 18.6 Å². The summed E-state index contributed by atoms with van der Waals surface area (Å²) in [5, 5.41) is 0. The number of carbonyl (C=O) groups excluding carboxylic acids is 1. The smallest absolute Gasteiger partial charge is 0.307 e. The molecule has 0 aliphatic heterocycles. The number of rotatable bonds is 8. The quantitative estimate of drug-likeness (QED) is 0.253. The largest absolute Gasteiger partial charge is 0.466 e. The van der Waals surface area contributed by atoms with Crippen LogP contribution >= 0.6 is 51.2 Å². The van der Waals surface area contributed by atoms with E-state index >= 15 is 0 Å². The van der Waals surface area contributed by atoms with Crippen LogP contribution in [-0.4, -0.2) is 23.4 Å². The van der Waals surface area contributed by atoms with Crippen molar-refractivity contribution in [3.63, 3.8) is 0 Å². The normalized spacial score (nSPS) is 10.7. The molecule has 1 aromatic carbocycles. The minimum absolute atomic E-state index is 0.184. The molecule has 0 radical (unpaired) electrons. The van der Waals surface area contributed by atoms with Crippen LogP contribution in [0.4, 0.5) is 0 Å². The lowest BCUT2D eigenvalue weighted by Gasteiger charge is -2.18. The molecule has 0 aliphatic carbocycles. The number of hydrogen-bond donors (Lipinski definition) is 0. The Kier molecular flexibility index (Phi) is 9.04. The zero-order valence-corrected chi connectivity index (χ0v) is 15.0. The van der Waals surface area contributed by atoms with E-state index in [4.69, 9.17) is 7.25 Å². The highest BCUT2D eigenvalue weighted by Crippen LogP contribution is 2.21. The molecule has 0 amide bonds. The first-order chi connectivity index (χ1) is 9.15. The number of hydrogen-bond acceptors (Lipinski definition) is 5. The highest BCUT2D eigenvalue weighted by Gasteiger charge is 2.11. The molecule has 0 aliphatic rings. The average molecular weight is 460 g/mol. The van der Waals surface area contributed by atoms with Gasteiger partial charge in [0, 0.05) is 17.6 Å². The monoisotopic (exact) mass is 459 g/mol. The van der Waals surface area contributed by atoms with Crippen molar-refractivity contribution >= 4 is 57.1 Å². The summed E-state index contributed by atoms with van der Waals surface area (Å²) in [6.07, 6.45) is 0.356. The molecule has 106 valence electrons. The summed E-state index contributed by atoms with van der Waals surface area (Å²) >= 11 is 6.50. The van der Waals surface area contributed by atoms with Gasteiger partial charge in [0.05, 0.1) is 25.3 Å². The lowest BCUT2D eigenvalue weighted by molar-refractivity contribution is -0.143. The molecule has 0 fully saturated rings. The van der Waals surface area contributed by atoms with Gasteiger partial charge >= 0.3 is 5.97 Å². The molecule has 0 spiro atoms. The third-order valence-electron chi connectivity index (χ3n) is 2.25. The van der Waals surface area contributed by atoms with Gasteiger partial charge in [-0.3, -0.25) is 4.79 Å². The van der Waals surface area contributed by atoms with Crippen LogP contribution in [0.2, 0.25) is 0 Å². The summed E-state index contributed by atoms with van der Waals surface area (Å²) < 4.78 is 13.0.